The third-order valence-electron chi connectivity index (χ3n) is 2.74. The fourth-order valence-corrected chi connectivity index (χ4v) is 1.88. The predicted octanol–water partition coefficient (Wildman–Crippen LogP) is 0.672. The molecule has 1 rings (SSSR count). The lowest BCUT2D eigenvalue weighted by Gasteiger charge is -2.21. The highest BCUT2D eigenvalue weighted by Gasteiger charge is 2.33. The van der Waals surface area contributed by atoms with Gasteiger partial charge in [0.2, 0.25) is 0 Å². The number of likely N-dealkylation sites (tertiary alicyclic amines) is 1. The summed E-state index contributed by atoms with van der Waals surface area (Å²) in [6.45, 7) is 4.23. The van der Waals surface area contributed by atoms with Gasteiger partial charge in [-0.25, -0.2) is 9.59 Å². The number of ether oxygens (including phenoxy) is 1. The molecule has 0 bridgehead atoms. The van der Waals surface area contributed by atoms with Crippen LogP contribution in [0.15, 0.2) is 0 Å². The molecule has 0 saturated carbocycles. The lowest BCUT2D eigenvalue weighted by molar-refractivity contribution is -0.141. The lowest BCUT2D eigenvalue weighted by atomic mass is 10.2. The molecule has 6 heteroatoms. The van der Waals surface area contributed by atoms with Crippen LogP contribution in [-0.4, -0.2) is 54.4 Å². The molecule has 1 aliphatic rings. The zero-order valence-electron chi connectivity index (χ0n) is 10.1. The van der Waals surface area contributed by atoms with Crippen LogP contribution in [0.3, 0.4) is 0 Å². The molecule has 0 aromatic heterocycles. The number of nitrogens with zero attached hydrogens (tertiary/aromatic N) is 1. The minimum atomic E-state index is -0.924. The Morgan fingerprint density at radius 1 is 1.53 bits per heavy atom. The first kappa shape index (κ1) is 13.8. The van der Waals surface area contributed by atoms with E-state index in [2.05, 4.69) is 5.32 Å². The maximum atomic E-state index is 11.7. The Morgan fingerprint density at radius 2 is 2.29 bits per heavy atom. The molecule has 1 atom stereocenters. The second-order valence-corrected chi connectivity index (χ2v) is 3.97. The molecule has 1 fully saturated rings. The van der Waals surface area contributed by atoms with Gasteiger partial charge in [-0.2, -0.15) is 0 Å². The first-order valence-electron chi connectivity index (χ1n) is 6.01. The minimum Gasteiger partial charge on any atom is -0.480 e. The summed E-state index contributed by atoms with van der Waals surface area (Å²) in [4.78, 5) is 24.0. The number of aliphatic carboxylic acids is 1. The molecule has 0 spiro atoms. The monoisotopic (exact) mass is 244 g/mol. The number of nitrogens with one attached hydrogen (secondary N) is 1. The SMILES string of the molecule is CCOCCCNC(=O)N1CCC[C@@H]1C(=O)O. The van der Waals surface area contributed by atoms with Crippen molar-refractivity contribution in [2.45, 2.75) is 32.2 Å². The third kappa shape index (κ3) is 4.22. The van der Waals surface area contributed by atoms with Crippen LogP contribution in [0.4, 0.5) is 4.79 Å². The average molecular weight is 244 g/mol. The molecule has 2 N–H and O–H groups in total. The molecule has 0 unspecified atom stereocenters. The lowest BCUT2D eigenvalue weighted by Crippen LogP contribution is -2.46. The summed E-state index contributed by atoms with van der Waals surface area (Å²) in [5, 5.41) is 11.6. The van der Waals surface area contributed by atoms with Gasteiger partial charge in [0.1, 0.15) is 6.04 Å². The zero-order chi connectivity index (χ0) is 12.7. The van der Waals surface area contributed by atoms with Crippen LogP contribution in [-0.2, 0) is 9.53 Å². The molecule has 17 heavy (non-hydrogen) atoms. The number of hydrogen-bond donors (Lipinski definition) is 2. The summed E-state index contributed by atoms with van der Waals surface area (Å²) >= 11 is 0. The quantitative estimate of drug-likeness (QED) is 0.673. The van der Waals surface area contributed by atoms with Crippen molar-refractivity contribution in [2.75, 3.05) is 26.3 Å². The molecule has 1 aliphatic heterocycles. The van der Waals surface area contributed by atoms with Gasteiger partial charge >= 0.3 is 12.0 Å². The summed E-state index contributed by atoms with van der Waals surface area (Å²) in [6, 6.07) is -0.951. The zero-order valence-corrected chi connectivity index (χ0v) is 10.1. The van der Waals surface area contributed by atoms with Gasteiger partial charge in [-0.05, 0) is 26.2 Å². The van der Waals surface area contributed by atoms with Crippen LogP contribution < -0.4 is 5.32 Å². The maximum absolute atomic E-state index is 11.7. The van der Waals surface area contributed by atoms with E-state index in [-0.39, 0.29) is 6.03 Å². The smallest absolute Gasteiger partial charge is 0.326 e. The number of carbonyl (C=O) groups excluding carboxylic acids is 1. The van der Waals surface area contributed by atoms with Crippen molar-refractivity contribution in [1.82, 2.24) is 10.2 Å². The highest BCUT2D eigenvalue weighted by Crippen LogP contribution is 2.17. The molecule has 0 aromatic carbocycles. The van der Waals surface area contributed by atoms with Crippen molar-refractivity contribution in [3.63, 3.8) is 0 Å². The van der Waals surface area contributed by atoms with E-state index in [9.17, 15) is 9.59 Å². The van der Waals surface area contributed by atoms with Gasteiger partial charge < -0.3 is 20.1 Å². The predicted molar refractivity (Wildman–Crippen MR) is 61.9 cm³/mol. The summed E-state index contributed by atoms with van der Waals surface area (Å²) in [5.41, 5.74) is 0. The van der Waals surface area contributed by atoms with Crippen molar-refractivity contribution in [3.05, 3.63) is 0 Å². The summed E-state index contributed by atoms with van der Waals surface area (Å²) in [7, 11) is 0. The van der Waals surface area contributed by atoms with Gasteiger partial charge in [0.05, 0.1) is 0 Å². The Kier molecular flexibility index (Phi) is 5.76. The van der Waals surface area contributed by atoms with Gasteiger partial charge in [-0.15, -0.1) is 0 Å². The van der Waals surface area contributed by atoms with E-state index in [0.717, 1.165) is 12.8 Å². The second-order valence-electron chi connectivity index (χ2n) is 3.97. The fourth-order valence-electron chi connectivity index (χ4n) is 1.88. The minimum absolute atomic E-state index is 0.286. The third-order valence-corrected chi connectivity index (χ3v) is 2.74. The van der Waals surface area contributed by atoms with E-state index in [4.69, 9.17) is 9.84 Å². The van der Waals surface area contributed by atoms with Gasteiger partial charge in [-0.1, -0.05) is 0 Å². The van der Waals surface area contributed by atoms with E-state index < -0.39 is 12.0 Å². The highest BCUT2D eigenvalue weighted by molar-refractivity contribution is 5.83. The number of amides is 2. The molecule has 0 aromatic rings. The average Bonchev–Trinajstić information content (AvgIpc) is 2.77. The van der Waals surface area contributed by atoms with E-state index in [1.807, 2.05) is 6.92 Å². The molecule has 98 valence electrons. The van der Waals surface area contributed by atoms with Gasteiger partial charge in [-0.3, -0.25) is 0 Å². The first-order valence-corrected chi connectivity index (χ1v) is 6.01. The van der Waals surface area contributed by atoms with Crippen LogP contribution in [0.5, 0.6) is 0 Å². The number of carboxylic acids is 1. The van der Waals surface area contributed by atoms with Crippen LogP contribution in [0.2, 0.25) is 0 Å². The summed E-state index contributed by atoms with van der Waals surface area (Å²) in [6.07, 6.45) is 2.04. The first-order chi connectivity index (χ1) is 8.16. The van der Waals surface area contributed by atoms with Crippen LogP contribution >= 0.6 is 0 Å². The van der Waals surface area contributed by atoms with Crippen molar-refractivity contribution in [1.29, 1.82) is 0 Å². The molecule has 0 aliphatic carbocycles. The van der Waals surface area contributed by atoms with E-state index in [1.54, 1.807) is 0 Å². The largest absolute Gasteiger partial charge is 0.480 e. The number of rotatable bonds is 6. The summed E-state index contributed by atoms with van der Waals surface area (Å²) in [5.74, 6) is -0.924. The Hall–Kier alpha value is -1.30. The van der Waals surface area contributed by atoms with E-state index >= 15 is 0 Å². The van der Waals surface area contributed by atoms with Gasteiger partial charge in [0.25, 0.3) is 0 Å². The molecular weight excluding hydrogens is 224 g/mol. The number of urea groups is 1. The Morgan fingerprint density at radius 3 is 2.94 bits per heavy atom. The van der Waals surface area contributed by atoms with Crippen molar-refractivity contribution < 1.29 is 19.4 Å². The molecule has 0 radical (unpaired) electrons. The standard InChI is InChI=1S/C11H20N2O4/c1-2-17-8-4-6-12-11(16)13-7-3-5-9(13)10(14)15/h9H,2-8H2,1H3,(H,12,16)(H,14,15)/t9-/m1/s1. The number of carbonyl (C=O) groups is 2. The van der Waals surface area contributed by atoms with Gasteiger partial charge in [0, 0.05) is 26.3 Å². The maximum Gasteiger partial charge on any atom is 0.326 e. The van der Waals surface area contributed by atoms with Crippen molar-refractivity contribution in [3.8, 4) is 0 Å². The Labute approximate surface area is 101 Å². The Bertz CT molecular complexity index is 270. The normalized spacial score (nSPS) is 19.4. The summed E-state index contributed by atoms with van der Waals surface area (Å²) < 4.78 is 5.14. The van der Waals surface area contributed by atoms with Crippen LogP contribution in [0.1, 0.15) is 26.2 Å². The Balaban J connectivity index is 2.25. The van der Waals surface area contributed by atoms with Crippen molar-refractivity contribution in [2.24, 2.45) is 0 Å². The number of hydrogen-bond acceptors (Lipinski definition) is 3. The highest BCUT2D eigenvalue weighted by atomic mass is 16.5. The molecule has 1 heterocycles. The second kappa shape index (κ2) is 7.11. The van der Waals surface area contributed by atoms with Crippen LogP contribution in [0, 0.1) is 0 Å². The fraction of sp³-hybridized carbons (Fsp3) is 0.818. The van der Waals surface area contributed by atoms with Crippen LogP contribution in [0.25, 0.3) is 0 Å². The molecule has 2 amide bonds. The number of carboxylic acid groups (broad SMARTS) is 1. The molecular formula is C11H20N2O4. The molecule has 6 nitrogen and oxygen atoms in total. The topological polar surface area (TPSA) is 78.9 Å². The van der Waals surface area contributed by atoms with Crippen molar-refractivity contribution >= 4 is 12.0 Å². The molecule has 1 saturated heterocycles. The van der Waals surface area contributed by atoms with E-state index in [0.29, 0.717) is 32.7 Å². The van der Waals surface area contributed by atoms with E-state index in [1.165, 1.54) is 4.90 Å². The van der Waals surface area contributed by atoms with Gasteiger partial charge in [0.15, 0.2) is 0 Å².